The Morgan fingerprint density at radius 1 is 0.492 bits per heavy atom. The van der Waals surface area contributed by atoms with Crippen molar-refractivity contribution in [2.75, 3.05) is 41.0 Å². The first kappa shape index (κ1) is 60.7. The molecule has 1 N–H and O–H groups in total. The lowest BCUT2D eigenvalue weighted by Crippen LogP contribution is -2.50. The lowest BCUT2D eigenvalue weighted by Gasteiger charge is -2.31. The van der Waals surface area contributed by atoms with Gasteiger partial charge in [-0.2, -0.15) is 0 Å². The van der Waals surface area contributed by atoms with E-state index in [1.54, 1.807) is 0 Å². The maximum Gasteiger partial charge on any atom is 0.362 e. The van der Waals surface area contributed by atoms with Gasteiger partial charge in [-0.1, -0.05) is 180 Å². The van der Waals surface area contributed by atoms with Crippen LogP contribution in [0.4, 0.5) is 0 Å². The Hall–Kier alpha value is -4.27. The molecule has 0 aliphatic carbocycles. The number of carboxylic acid groups (broad SMARTS) is 1. The number of nitrogens with zero attached hydrogens (tertiary/aromatic N) is 1. The Morgan fingerprint density at radius 2 is 0.923 bits per heavy atom. The highest BCUT2D eigenvalue weighted by molar-refractivity contribution is 5.72. The lowest BCUT2D eigenvalue weighted by molar-refractivity contribution is -0.887. The first-order valence-electron chi connectivity index (χ1n) is 25.1. The predicted octanol–water partition coefficient (Wildman–Crippen LogP) is 14.6. The summed E-state index contributed by atoms with van der Waals surface area (Å²) in [7, 11) is 5.50. The molecular formula is C57H92NO7+. The van der Waals surface area contributed by atoms with E-state index in [4.69, 9.17) is 14.2 Å². The minimum absolute atomic E-state index is 0.0337. The number of carboxylic acids is 1. The normalized spacial score (nSPS) is 13.9. The standard InChI is InChI=1S/C57H91NO7/c1-6-8-10-12-14-16-18-20-22-24-26-27-28-29-30-32-34-36-38-40-42-44-46-48-56(60)65-53(51-63-50-49-54(57(61)62)58(3,4)5)52-64-55(59)47-45-43-41-39-37-35-33-31-25-23-21-19-17-15-13-11-9-7-2/h8,10,14-17,19-23,25-27,29-31,33-34,36,53-54H,6-7,9,11-13,18,24,28,32,35,37-52H2,1-5H3/p+1/b10-8+,16-14+,17-15+,21-19+,22-20+,25-23+,27-26+,30-29+,33-31+,36-34+. The van der Waals surface area contributed by atoms with Gasteiger partial charge in [0.2, 0.25) is 0 Å². The van der Waals surface area contributed by atoms with Gasteiger partial charge >= 0.3 is 17.9 Å². The van der Waals surface area contributed by atoms with Crippen LogP contribution in [0.1, 0.15) is 168 Å². The van der Waals surface area contributed by atoms with Gasteiger partial charge < -0.3 is 23.8 Å². The van der Waals surface area contributed by atoms with Crippen molar-refractivity contribution in [1.82, 2.24) is 0 Å². The van der Waals surface area contributed by atoms with E-state index in [1.807, 2.05) is 27.2 Å². The van der Waals surface area contributed by atoms with E-state index in [9.17, 15) is 19.5 Å². The number of hydrogen-bond acceptors (Lipinski definition) is 6. The van der Waals surface area contributed by atoms with Crippen molar-refractivity contribution in [3.05, 3.63) is 122 Å². The quantitative estimate of drug-likeness (QED) is 0.0214. The molecule has 0 aromatic heterocycles. The SMILES string of the molecule is CC/C=C/C/C=C/C/C=C/C/C=C/C/C=C/C/C=C/CCCCCCC(=O)OC(COCCC(C(=O)O)[N+](C)(C)C)COC(=O)CCCCCCC/C=C/C=C/C=C/C=C/CCCCC. The maximum atomic E-state index is 12.8. The van der Waals surface area contributed by atoms with Crippen molar-refractivity contribution in [2.45, 2.75) is 180 Å². The number of aliphatic carboxylic acids is 1. The van der Waals surface area contributed by atoms with Gasteiger partial charge in [0.05, 0.1) is 34.4 Å². The summed E-state index contributed by atoms with van der Waals surface area (Å²) in [6.45, 7) is 4.51. The first-order valence-corrected chi connectivity index (χ1v) is 25.1. The Labute approximate surface area is 397 Å². The van der Waals surface area contributed by atoms with Crippen LogP contribution in [0.15, 0.2) is 122 Å². The Kier molecular flexibility index (Phi) is 43.2. The third-order valence-electron chi connectivity index (χ3n) is 10.4. The molecule has 0 aliphatic heterocycles. The topological polar surface area (TPSA) is 99.1 Å². The maximum absolute atomic E-state index is 12.8. The molecule has 2 atom stereocenters. The summed E-state index contributed by atoms with van der Waals surface area (Å²) in [5.74, 6) is -1.55. The van der Waals surface area contributed by atoms with Crippen LogP contribution in [0.2, 0.25) is 0 Å². The average Bonchev–Trinajstić information content (AvgIpc) is 3.27. The minimum atomic E-state index is -0.889. The van der Waals surface area contributed by atoms with E-state index in [0.717, 1.165) is 116 Å². The zero-order valence-corrected chi connectivity index (χ0v) is 41.6. The largest absolute Gasteiger partial charge is 0.477 e. The number of hydrogen-bond donors (Lipinski definition) is 1. The van der Waals surface area contributed by atoms with Gasteiger partial charge in [-0.05, 0) is 89.9 Å². The molecule has 0 rings (SSSR count). The van der Waals surface area contributed by atoms with Crippen LogP contribution in [0.25, 0.3) is 0 Å². The van der Waals surface area contributed by atoms with E-state index in [0.29, 0.717) is 12.8 Å². The van der Waals surface area contributed by atoms with Crippen LogP contribution in [0.3, 0.4) is 0 Å². The predicted molar refractivity (Wildman–Crippen MR) is 275 cm³/mol. The molecule has 0 fully saturated rings. The molecule has 8 heteroatoms. The molecule has 0 aromatic carbocycles. The smallest absolute Gasteiger partial charge is 0.362 e. The van der Waals surface area contributed by atoms with Gasteiger partial charge in [0.1, 0.15) is 6.61 Å². The highest BCUT2D eigenvalue weighted by Gasteiger charge is 2.31. The van der Waals surface area contributed by atoms with Crippen LogP contribution >= 0.6 is 0 Å². The molecule has 8 nitrogen and oxygen atoms in total. The third-order valence-corrected chi connectivity index (χ3v) is 10.4. The molecule has 65 heavy (non-hydrogen) atoms. The van der Waals surface area contributed by atoms with Crippen LogP contribution in [0, 0.1) is 0 Å². The summed E-state index contributed by atoms with van der Waals surface area (Å²) >= 11 is 0. The molecule has 0 saturated heterocycles. The van der Waals surface area contributed by atoms with E-state index in [-0.39, 0.29) is 42.7 Å². The molecular weight excluding hydrogens is 811 g/mol. The van der Waals surface area contributed by atoms with Crippen LogP contribution in [-0.2, 0) is 28.6 Å². The molecule has 0 aliphatic rings. The number of quaternary nitrogens is 1. The van der Waals surface area contributed by atoms with Crippen molar-refractivity contribution in [3.8, 4) is 0 Å². The zero-order valence-electron chi connectivity index (χ0n) is 41.6. The molecule has 0 aromatic rings. The number of likely N-dealkylation sites (N-methyl/N-ethyl adjacent to an activating group) is 1. The lowest BCUT2D eigenvalue weighted by atomic mass is 10.1. The van der Waals surface area contributed by atoms with E-state index < -0.39 is 18.1 Å². The molecule has 2 unspecified atom stereocenters. The van der Waals surface area contributed by atoms with Gasteiger partial charge in [-0.15, -0.1) is 0 Å². The van der Waals surface area contributed by atoms with Gasteiger partial charge in [0.25, 0.3) is 0 Å². The van der Waals surface area contributed by atoms with Gasteiger partial charge in [-0.3, -0.25) is 9.59 Å². The average molecular weight is 903 g/mol. The number of rotatable bonds is 43. The monoisotopic (exact) mass is 903 g/mol. The molecule has 366 valence electrons. The summed E-state index contributed by atoms with van der Waals surface area (Å²) < 4.78 is 17.3. The second kappa shape index (κ2) is 46.3. The van der Waals surface area contributed by atoms with E-state index in [1.165, 1.54) is 19.3 Å². The number of ether oxygens (including phenoxy) is 3. The fourth-order valence-corrected chi connectivity index (χ4v) is 6.58. The molecule has 0 spiro atoms. The highest BCUT2D eigenvalue weighted by Crippen LogP contribution is 2.13. The van der Waals surface area contributed by atoms with Gasteiger partial charge in [0, 0.05) is 19.3 Å². The summed E-state index contributed by atoms with van der Waals surface area (Å²) in [5.41, 5.74) is 0. The first-order chi connectivity index (χ1) is 31.6. The van der Waals surface area contributed by atoms with Crippen LogP contribution in [-0.4, -0.2) is 80.6 Å². The number of unbranched alkanes of at least 4 members (excludes halogenated alkanes) is 12. The van der Waals surface area contributed by atoms with Gasteiger partial charge in [0.15, 0.2) is 12.1 Å². The Balaban J connectivity index is 4.41. The fourth-order valence-electron chi connectivity index (χ4n) is 6.58. The van der Waals surface area contributed by atoms with Crippen LogP contribution in [0.5, 0.6) is 0 Å². The molecule has 0 bridgehead atoms. The number of allylic oxidation sites excluding steroid dienone is 20. The molecule has 0 heterocycles. The summed E-state index contributed by atoms with van der Waals surface area (Å²) in [5, 5.41) is 9.65. The number of esters is 2. The van der Waals surface area contributed by atoms with Gasteiger partial charge in [-0.25, -0.2) is 4.79 Å². The van der Waals surface area contributed by atoms with Crippen molar-refractivity contribution in [2.24, 2.45) is 0 Å². The Bertz CT molecular complexity index is 1470. The number of carbonyl (C=O) groups excluding carboxylic acids is 2. The fraction of sp³-hybridized carbons (Fsp3) is 0.596. The van der Waals surface area contributed by atoms with E-state index >= 15 is 0 Å². The van der Waals surface area contributed by atoms with Crippen molar-refractivity contribution in [3.63, 3.8) is 0 Å². The van der Waals surface area contributed by atoms with Crippen molar-refractivity contribution < 1.29 is 38.2 Å². The second-order valence-corrected chi connectivity index (χ2v) is 17.4. The van der Waals surface area contributed by atoms with Crippen molar-refractivity contribution in [1.29, 1.82) is 0 Å². The summed E-state index contributed by atoms with van der Waals surface area (Å²) in [6.07, 6.45) is 65.2. The molecule has 0 amide bonds. The zero-order chi connectivity index (χ0) is 47.7. The van der Waals surface area contributed by atoms with E-state index in [2.05, 4.69) is 129 Å². The summed E-state index contributed by atoms with van der Waals surface area (Å²) in [6, 6.07) is -0.632. The van der Waals surface area contributed by atoms with Crippen molar-refractivity contribution >= 4 is 17.9 Å². The second-order valence-electron chi connectivity index (χ2n) is 17.4. The number of carbonyl (C=O) groups is 3. The molecule has 0 radical (unpaired) electrons. The third kappa shape index (κ3) is 44.7. The Morgan fingerprint density at radius 3 is 1.42 bits per heavy atom. The highest BCUT2D eigenvalue weighted by atomic mass is 16.6. The van der Waals surface area contributed by atoms with Crippen LogP contribution < -0.4 is 0 Å². The summed E-state index contributed by atoms with van der Waals surface area (Å²) in [4.78, 5) is 37.2. The minimum Gasteiger partial charge on any atom is -0.477 e. The molecule has 0 saturated carbocycles.